The standard InChI is InChI=1S/C18H24N6O2/c1-4-24-10-14(8-20-24)18-12-23(5-6-25-18)11-15-7-17(21-26-15)16-9-19-22(3)13(16)2/h7-10,18H,4-6,11-12H2,1-3H3. The van der Waals surface area contributed by atoms with Crippen molar-refractivity contribution in [1.82, 2.24) is 29.6 Å². The van der Waals surface area contributed by atoms with E-state index in [1.54, 1.807) is 0 Å². The van der Waals surface area contributed by atoms with E-state index in [0.717, 1.165) is 47.9 Å². The van der Waals surface area contributed by atoms with Gasteiger partial charge in [-0.3, -0.25) is 14.3 Å². The molecule has 138 valence electrons. The highest BCUT2D eigenvalue weighted by atomic mass is 16.5. The highest BCUT2D eigenvalue weighted by Gasteiger charge is 2.24. The summed E-state index contributed by atoms with van der Waals surface area (Å²) in [4.78, 5) is 2.33. The van der Waals surface area contributed by atoms with E-state index in [9.17, 15) is 0 Å². The van der Waals surface area contributed by atoms with Gasteiger partial charge in [-0.25, -0.2) is 0 Å². The molecule has 8 heteroatoms. The fraction of sp³-hybridized carbons (Fsp3) is 0.500. The van der Waals surface area contributed by atoms with E-state index in [-0.39, 0.29) is 6.10 Å². The minimum absolute atomic E-state index is 0.0482. The summed E-state index contributed by atoms with van der Waals surface area (Å²) in [6, 6.07) is 2.00. The average Bonchev–Trinajstić information content (AvgIpc) is 3.37. The van der Waals surface area contributed by atoms with Gasteiger partial charge in [-0.2, -0.15) is 10.2 Å². The van der Waals surface area contributed by atoms with Crippen LogP contribution in [0.3, 0.4) is 0 Å². The summed E-state index contributed by atoms with van der Waals surface area (Å²) in [7, 11) is 1.92. The number of morpholine rings is 1. The predicted octanol–water partition coefficient (Wildman–Crippen LogP) is 2.17. The molecule has 1 atom stereocenters. The molecule has 1 fully saturated rings. The summed E-state index contributed by atoms with van der Waals surface area (Å²) < 4.78 is 15.3. The molecule has 0 spiro atoms. The lowest BCUT2D eigenvalue weighted by Gasteiger charge is -2.31. The molecular weight excluding hydrogens is 332 g/mol. The zero-order valence-corrected chi connectivity index (χ0v) is 15.4. The zero-order chi connectivity index (χ0) is 18.1. The van der Waals surface area contributed by atoms with Crippen molar-refractivity contribution in [3.05, 3.63) is 41.7 Å². The van der Waals surface area contributed by atoms with E-state index in [2.05, 4.69) is 33.4 Å². The first kappa shape index (κ1) is 17.0. The van der Waals surface area contributed by atoms with Crippen molar-refractivity contribution in [2.75, 3.05) is 19.7 Å². The van der Waals surface area contributed by atoms with Crippen LogP contribution < -0.4 is 0 Å². The summed E-state index contributed by atoms with van der Waals surface area (Å²) in [5.41, 5.74) is 4.04. The Labute approximate surface area is 152 Å². The van der Waals surface area contributed by atoms with E-state index in [0.29, 0.717) is 13.2 Å². The normalized spacial score (nSPS) is 18.5. The third kappa shape index (κ3) is 3.30. The van der Waals surface area contributed by atoms with Crippen LogP contribution in [0.5, 0.6) is 0 Å². The topological polar surface area (TPSA) is 74.1 Å². The second-order valence-corrected chi connectivity index (χ2v) is 6.67. The van der Waals surface area contributed by atoms with Crippen LogP contribution in [0.4, 0.5) is 0 Å². The Morgan fingerprint density at radius 3 is 2.88 bits per heavy atom. The molecule has 0 aromatic carbocycles. The maximum absolute atomic E-state index is 5.93. The Hall–Kier alpha value is -2.45. The van der Waals surface area contributed by atoms with Crippen molar-refractivity contribution in [2.24, 2.45) is 7.05 Å². The molecule has 3 aromatic heterocycles. The van der Waals surface area contributed by atoms with Gasteiger partial charge in [0.15, 0.2) is 5.76 Å². The van der Waals surface area contributed by atoms with Crippen molar-refractivity contribution in [2.45, 2.75) is 33.0 Å². The largest absolute Gasteiger partial charge is 0.371 e. The summed E-state index contributed by atoms with van der Waals surface area (Å²) in [6.45, 7) is 8.08. The molecule has 0 amide bonds. The first-order chi connectivity index (χ1) is 12.6. The molecule has 1 unspecified atom stereocenters. The summed E-state index contributed by atoms with van der Waals surface area (Å²) >= 11 is 0. The lowest BCUT2D eigenvalue weighted by Crippen LogP contribution is -2.37. The number of hydrogen-bond acceptors (Lipinski definition) is 6. The summed E-state index contributed by atoms with van der Waals surface area (Å²) in [6.07, 6.45) is 5.83. The van der Waals surface area contributed by atoms with Gasteiger partial charge in [0.25, 0.3) is 0 Å². The van der Waals surface area contributed by atoms with Crippen LogP contribution in [-0.4, -0.2) is 49.3 Å². The second kappa shape index (κ2) is 7.05. The van der Waals surface area contributed by atoms with Crippen LogP contribution in [0.2, 0.25) is 0 Å². The van der Waals surface area contributed by atoms with Gasteiger partial charge >= 0.3 is 0 Å². The maximum atomic E-state index is 5.93. The van der Waals surface area contributed by atoms with E-state index in [4.69, 9.17) is 9.26 Å². The molecule has 4 heterocycles. The van der Waals surface area contributed by atoms with Gasteiger partial charge in [-0.1, -0.05) is 5.16 Å². The fourth-order valence-corrected chi connectivity index (χ4v) is 3.25. The van der Waals surface area contributed by atoms with Crippen LogP contribution in [0.25, 0.3) is 11.3 Å². The number of aromatic nitrogens is 5. The van der Waals surface area contributed by atoms with E-state index >= 15 is 0 Å². The highest BCUT2D eigenvalue weighted by Crippen LogP contribution is 2.25. The van der Waals surface area contributed by atoms with Gasteiger partial charge in [0.05, 0.1) is 31.6 Å². The Bertz CT molecular complexity index is 880. The molecule has 0 N–H and O–H groups in total. The number of rotatable bonds is 5. The molecular formula is C18H24N6O2. The van der Waals surface area contributed by atoms with Crippen LogP contribution >= 0.6 is 0 Å². The van der Waals surface area contributed by atoms with Crippen LogP contribution in [-0.2, 0) is 24.9 Å². The maximum Gasteiger partial charge on any atom is 0.151 e. The molecule has 0 aliphatic carbocycles. The van der Waals surface area contributed by atoms with Gasteiger partial charge in [-0.05, 0) is 13.8 Å². The predicted molar refractivity (Wildman–Crippen MR) is 95.3 cm³/mol. The van der Waals surface area contributed by atoms with Gasteiger partial charge in [0.2, 0.25) is 0 Å². The second-order valence-electron chi connectivity index (χ2n) is 6.67. The molecule has 3 aromatic rings. The quantitative estimate of drug-likeness (QED) is 0.697. The Morgan fingerprint density at radius 2 is 2.15 bits per heavy atom. The van der Waals surface area contributed by atoms with Gasteiger partial charge < -0.3 is 9.26 Å². The SMILES string of the molecule is CCn1cc(C2CN(Cc3cc(-c4cnn(C)c4C)no3)CCO2)cn1. The van der Waals surface area contributed by atoms with Crippen LogP contribution in [0, 0.1) is 6.92 Å². The first-order valence-corrected chi connectivity index (χ1v) is 8.95. The minimum Gasteiger partial charge on any atom is -0.371 e. The fourth-order valence-electron chi connectivity index (χ4n) is 3.25. The van der Waals surface area contributed by atoms with Gasteiger partial charge in [0, 0.05) is 55.8 Å². The lowest BCUT2D eigenvalue weighted by atomic mass is 10.1. The lowest BCUT2D eigenvalue weighted by molar-refractivity contribution is -0.0351. The number of nitrogens with zero attached hydrogens (tertiary/aromatic N) is 6. The third-order valence-corrected chi connectivity index (χ3v) is 4.95. The van der Waals surface area contributed by atoms with Crippen molar-refractivity contribution < 1.29 is 9.26 Å². The monoisotopic (exact) mass is 356 g/mol. The third-order valence-electron chi connectivity index (χ3n) is 4.95. The minimum atomic E-state index is 0.0482. The van der Waals surface area contributed by atoms with Crippen molar-refractivity contribution >= 4 is 0 Å². The molecule has 4 rings (SSSR count). The zero-order valence-electron chi connectivity index (χ0n) is 15.4. The first-order valence-electron chi connectivity index (χ1n) is 8.95. The van der Waals surface area contributed by atoms with E-state index < -0.39 is 0 Å². The van der Waals surface area contributed by atoms with Crippen molar-refractivity contribution in [1.29, 1.82) is 0 Å². The Kier molecular flexibility index (Phi) is 4.60. The van der Waals surface area contributed by atoms with E-state index in [1.165, 1.54) is 0 Å². The number of ether oxygens (including phenoxy) is 1. The van der Waals surface area contributed by atoms with Crippen LogP contribution in [0.1, 0.15) is 30.0 Å². The molecule has 0 bridgehead atoms. The average molecular weight is 356 g/mol. The summed E-state index contributed by atoms with van der Waals surface area (Å²) in [5.74, 6) is 0.855. The van der Waals surface area contributed by atoms with E-state index in [1.807, 2.05) is 41.8 Å². The Morgan fingerprint density at radius 1 is 1.27 bits per heavy atom. The Balaban J connectivity index is 1.43. The smallest absolute Gasteiger partial charge is 0.151 e. The van der Waals surface area contributed by atoms with Crippen molar-refractivity contribution in [3.63, 3.8) is 0 Å². The van der Waals surface area contributed by atoms with Crippen molar-refractivity contribution in [3.8, 4) is 11.3 Å². The molecule has 1 aliphatic heterocycles. The number of hydrogen-bond donors (Lipinski definition) is 0. The molecule has 8 nitrogen and oxygen atoms in total. The molecule has 1 saturated heterocycles. The number of aryl methyl sites for hydroxylation is 2. The molecule has 0 saturated carbocycles. The molecule has 1 aliphatic rings. The molecule has 26 heavy (non-hydrogen) atoms. The summed E-state index contributed by atoms with van der Waals surface area (Å²) in [5, 5.41) is 12.8. The van der Waals surface area contributed by atoms with Gasteiger partial charge in [0.1, 0.15) is 5.69 Å². The van der Waals surface area contributed by atoms with Gasteiger partial charge in [-0.15, -0.1) is 0 Å². The van der Waals surface area contributed by atoms with Crippen LogP contribution in [0.15, 0.2) is 29.2 Å². The highest BCUT2D eigenvalue weighted by molar-refractivity contribution is 5.60. The molecule has 0 radical (unpaired) electrons.